The van der Waals surface area contributed by atoms with Gasteiger partial charge in [-0.3, -0.25) is 9.59 Å². The molecule has 2 N–H and O–H groups in total. The first kappa shape index (κ1) is 28.2. The summed E-state index contributed by atoms with van der Waals surface area (Å²) in [6.45, 7) is 4.00. The van der Waals surface area contributed by atoms with Crippen molar-refractivity contribution in [2.24, 2.45) is 16.9 Å². The van der Waals surface area contributed by atoms with E-state index in [0.717, 1.165) is 16.3 Å². The first-order chi connectivity index (χ1) is 19.4. The topological polar surface area (TPSA) is 98.2 Å². The highest BCUT2D eigenvalue weighted by atomic mass is 16.5. The molecule has 1 atom stereocenters. The second-order valence-electron chi connectivity index (χ2n) is 9.51. The van der Waals surface area contributed by atoms with Gasteiger partial charge in [-0.15, -0.1) is 0 Å². The number of amides is 2. The highest BCUT2D eigenvalue weighted by molar-refractivity contribution is 6.06. The minimum atomic E-state index is -0.932. The van der Waals surface area contributed by atoms with E-state index in [-0.39, 0.29) is 5.92 Å². The Morgan fingerprint density at radius 3 is 2.33 bits per heavy atom. The van der Waals surface area contributed by atoms with Gasteiger partial charge in [-0.25, -0.2) is 5.43 Å². The molecule has 0 spiro atoms. The molecule has 0 radical (unpaired) electrons. The number of nitrogens with zero attached hydrogens (tertiary/aromatic N) is 1. The number of rotatable bonds is 11. The Kier molecular flexibility index (Phi) is 9.35. The van der Waals surface area contributed by atoms with Crippen molar-refractivity contribution in [2.45, 2.75) is 20.5 Å². The van der Waals surface area contributed by atoms with E-state index in [1.807, 2.05) is 44.2 Å². The van der Waals surface area contributed by atoms with Crippen LogP contribution in [0.1, 0.15) is 25.0 Å². The number of hydrogen-bond donors (Lipinski definition) is 2. The summed E-state index contributed by atoms with van der Waals surface area (Å²) >= 11 is 0. The Bertz CT molecular complexity index is 1490. The molecule has 1 unspecified atom stereocenters. The van der Waals surface area contributed by atoms with E-state index in [2.05, 4.69) is 34.0 Å². The van der Waals surface area contributed by atoms with E-state index in [1.165, 1.54) is 6.21 Å². The number of carbonyl (C=O) groups excluding carboxylic acids is 2. The average molecular weight is 540 g/mol. The number of ether oxygens (including phenoxy) is 3. The van der Waals surface area contributed by atoms with Gasteiger partial charge in [0.1, 0.15) is 18.3 Å². The van der Waals surface area contributed by atoms with Crippen LogP contribution >= 0.6 is 0 Å². The molecule has 0 aliphatic carbocycles. The van der Waals surface area contributed by atoms with Gasteiger partial charge in [-0.05, 0) is 70.3 Å². The summed E-state index contributed by atoms with van der Waals surface area (Å²) in [6.07, 6.45) is 1.49. The number of hydrazone groups is 1. The molecule has 0 heterocycles. The van der Waals surface area contributed by atoms with Gasteiger partial charge in [0.15, 0.2) is 11.5 Å². The molecule has 0 saturated carbocycles. The lowest BCUT2D eigenvalue weighted by molar-refractivity contribution is -0.134. The Balaban J connectivity index is 1.38. The van der Waals surface area contributed by atoms with Crippen LogP contribution in [0, 0.1) is 11.8 Å². The maximum atomic E-state index is 12.9. The number of hydrogen-bond acceptors (Lipinski definition) is 6. The summed E-state index contributed by atoms with van der Waals surface area (Å²) in [6, 6.07) is 26.6. The van der Waals surface area contributed by atoms with Gasteiger partial charge >= 0.3 is 0 Å². The molecule has 8 heteroatoms. The van der Waals surface area contributed by atoms with Gasteiger partial charge in [0.2, 0.25) is 5.91 Å². The van der Waals surface area contributed by atoms with E-state index >= 15 is 0 Å². The predicted octanol–water partition coefficient (Wildman–Crippen LogP) is 5.80. The lowest BCUT2D eigenvalue weighted by atomic mass is 9.94. The van der Waals surface area contributed by atoms with Gasteiger partial charge in [0.05, 0.1) is 20.4 Å². The Hall–Kier alpha value is -4.85. The number of methoxy groups -OCH3 is 2. The monoisotopic (exact) mass is 539 g/mol. The van der Waals surface area contributed by atoms with Gasteiger partial charge in [-0.1, -0.05) is 56.3 Å². The summed E-state index contributed by atoms with van der Waals surface area (Å²) < 4.78 is 16.7. The fourth-order valence-corrected chi connectivity index (χ4v) is 4.32. The van der Waals surface area contributed by atoms with Gasteiger partial charge in [-0.2, -0.15) is 5.10 Å². The molecular weight excluding hydrogens is 506 g/mol. The largest absolute Gasteiger partial charge is 0.497 e. The molecule has 4 aromatic rings. The summed E-state index contributed by atoms with van der Waals surface area (Å²) in [5.41, 5.74) is 4.83. The van der Waals surface area contributed by atoms with Crippen molar-refractivity contribution >= 4 is 34.5 Å². The zero-order valence-electron chi connectivity index (χ0n) is 23.0. The normalized spacial score (nSPS) is 11.8. The number of anilines is 1. The zero-order valence-corrected chi connectivity index (χ0v) is 23.0. The van der Waals surface area contributed by atoms with Crippen molar-refractivity contribution in [3.8, 4) is 17.2 Å². The molecular formula is C32H33N3O5. The SMILES string of the molecule is COc1ccc(NC(=O)C(C(=O)NN=Cc2ccc(OCc3cccc4ccccc34)c(OC)c2)C(C)C)cc1. The molecule has 40 heavy (non-hydrogen) atoms. The van der Waals surface area contributed by atoms with Gasteiger partial charge < -0.3 is 19.5 Å². The van der Waals surface area contributed by atoms with E-state index < -0.39 is 17.7 Å². The molecule has 0 aliphatic rings. The molecule has 2 amide bonds. The Labute approximate surface area is 234 Å². The van der Waals surface area contributed by atoms with Crippen LogP contribution in [0.15, 0.2) is 90.0 Å². The molecule has 0 fully saturated rings. The third-order valence-corrected chi connectivity index (χ3v) is 6.43. The van der Waals surface area contributed by atoms with Crippen LogP contribution in [0.4, 0.5) is 5.69 Å². The molecule has 4 aromatic carbocycles. The van der Waals surface area contributed by atoms with Crippen molar-refractivity contribution in [3.63, 3.8) is 0 Å². The first-order valence-electron chi connectivity index (χ1n) is 12.9. The zero-order chi connectivity index (χ0) is 28.5. The van der Waals surface area contributed by atoms with Crippen LogP contribution in [-0.4, -0.2) is 32.2 Å². The average Bonchev–Trinajstić information content (AvgIpc) is 2.96. The summed E-state index contributed by atoms with van der Waals surface area (Å²) in [5.74, 6) is -0.292. The van der Waals surface area contributed by atoms with Crippen LogP contribution in [0.3, 0.4) is 0 Å². The molecule has 4 rings (SSSR count). The van der Waals surface area contributed by atoms with Crippen molar-refractivity contribution in [3.05, 3.63) is 96.1 Å². The van der Waals surface area contributed by atoms with Crippen molar-refractivity contribution < 1.29 is 23.8 Å². The van der Waals surface area contributed by atoms with Crippen molar-refractivity contribution in [2.75, 3.05) is 19.5 Å². The van der Waals surface area contributed by atoms with E-state index in [0.29, 0.717) is 35.1 Å². The number of benzene rings is 4. The minimum Gasteiger partial charge on any atom is -0.497 e. The van der Waals surface area contributed by atoms with Gasteiger partial charge in [0, 0.05) is 5.69 Å². The molecule has 206 valence electrons. The molecule has 0 aliphatic heterocycles. The molecule has 0 saturated heterocycles. The van der Waals surface area contributed by atoms with E-state index in [1.54, 1.807) is 50.6 Å². The van der Waals surface area contributed by atoms with Crippen LogP contribution in [0.25, 0.3) is 10.8 Å². The fourth-order valence-electron chi connectivity index (χ4n) is 4.32. The van der Waals surface area contributed by atoms with Crippen molar-refractivity contribution in [1.82, 2.24) is 5.43 Å². The smallest absolute Gasteiger partial charge is 0.252 e. The second kappa shape index (κ2) is 13.3. The first-order valence-corrected chi connectivity index (χ1v) is 12.9. The Morgan fingerprint density at radius 2 is 1.60 bits per heavy atom. The second-order valence-corrected chi connectivity index (χ2v) is 9.51. The molecule has 8 nitrogen and oxygen atoms in total. The third kappa shape index (κ3) is 6.96. The van der Waals surface area contributed by atoms with E-state index in [4.69, 9.17) is 14.2 Å². The van der Waals surface area contributed by atoms with Crippen LogP contribution in [0.2, 0.25) is 0 Å². The summed E-state index contributed by atoms with van der Waals surface area (Å²) in [4.78, 5) is 25.7. The Morgan fingerprint density at radius 1 is 0.850 bits per heavy atom. The summed E-state index contributed by atoms with van der Waals surface area (Å²) in [5, 5.41) is 9.15. The fraction of sp³-hybridized carbons (Fsp3) is 0.219. The quantitative estimate of drug-likeness (QED) is 0.143. The molecule has 0 bridgehead atoms. The minimum absolute atomic E-state index is 0.244. The van der Waals surface area contributed by atoms with Crippen LogP contribution in [0.5, 0.6) is 17.2 Å². The van der Waals surface area contributed by atoms with Crippen LogP contribution in [-0.2, 0) is 16.2 Å². The highest BCUT2D eigenvalue weighted by Gasteiger charge is 2.30. The van der Waals surface area contributed by atoms with E-state index in [9.17, 15) is 9.59 Å². The third-order valence-electron chi connectivity index (χ3n) is 6.43. The lowest BCUT2D eigenvalue weighted by Crippen LogP contribution is -2.39. The maximum absolute atomic E-state index is 12.9. The summed E-state index contributed by atoms with van der Waals surface area (Å²) in [7, 11) is 3.14. The predicted molar refractivity (Wildman–Crippen MR) is 157 cm³/mol. The van der Waals surface area contributed by atoms with Crippen LogP contribution < -0.4 is 25.0 Å². The maximum Gasteiger partial charge on any atom is 0.252 e. The standard InChI is InChI=1S/C32H33N3O5/c1-21(2)30(31(36)34-25-13-15-26(38-3)16-14-25)32(37)35-33-19-22-12-17-28(29(18-22)39-4)40-20-24-10-7-9-23-8-5-6-11-27(23)24/h5-19,21,30H,20H2,1-4H3,(H,34,36)(H,35,37). The highest BCUT2D eigenvalue weighted by Crippen LogP contribution is 2.29. The lowest BCUT2D eigenvalue weighted by Gasteiger charge is -2.18. The van der Waals surface area contributed by atoms with Crippen molar-refractivity contribution in [1.29, 1.82) is 0 Å². The number of carbonyl (C=O) groups is 2. The number of nitrogens with one attached hydrogen (secondary N) is 2. The van der Waals surface area contributed by atoms with Gasteiger partial charge in [0.25, 0.3) is 5.91 Å². The molecule has 0 aromatic heterocycles. The number of fused-ring (bicyclic) bond motifs is 1.